The van der Waals surface area contributed by atoms with Crippen LogP contribution in [-0.2, 0) is 15.9 Å². The van der Waals surface area contributed by atoms with E-state index in [0.29, 0.717) is 6.61 Å². The smallest absolute Gasteiger partial charge is 0.186 e. The lowest BCUT2D eigenvalue weighted by Gasteiger charge is -2.39. The second-order valence-corrected chi connectivity index (χ2v) is 11.1. The summed E-state index contributed by atoms with van der Waals surface area (Å²) in [7, 11) is 0. The molecule has 1 saturated heterocycles. The highest BCUT2D eigenvalue weighted by molar-refractivity contribution is 5.27. The van der Waals surface area contributed by atoms with Crippen LogP contribution in [0.2, 0.25) is 0 Å². The van der Waals surface area contributed by atoms with Gasteiger partial charge in [0.25, 0.3) is 0 Å². The van der Waals surface area contributed by atoms with Crippen molar-refractivity contribution in [2.24, 2.45) is 0 Å². The first kappa shape index (κ1) is 34.0. The third kappa shape index (κ3) is 14.3. The van der Waals surface area contributed by atoms with Crippen molar-refractivity contribution in [1.29, 1.82) is 0 Å². The largest absolute Gasteiger partial charge is 0.494 e. The first-order chi connectivity index (χ1) is 19.1. The summed E-state index contributed by atoms with van der Waals surface area (Å²) < 4.78 is 16.8. The Morgan fingerprint density at radius 1 is 0.641 bits per heavy atom. The van der Waals surface area contributed by atoms with Crippen LogP contribution >= 0.6 is 0 Å². The number of ether oxygens (including phenoxy) is 3. The molecule has 0 bridgehead atoms. The highest BCUT2D eigenvalue weighted by Gasteiger charge is 2.43. The molecule has 0 aromatic heterocycles. The van der Waals surface area contributed by atoms with E-state index in [4.69, 9.17) is 14.2 Å². The van der Waals surface area contributed by atoms with Gasteiger partial charge in [-0.25, -0.2) is 0 Å². The van der Waals surface area contributed by atoms with Crippen molar-refractivity contribution in [3.63, 3.8) is 0 Å². The minimum absolute atomic E-state index is 0.350. The van der Waals surface area contributed by atoms with Crippen molar-refractivity contribution in [1.82, 2.24) is 0 Å². The number of hydrogen-bond acceptors (Lipinski definition) is 7. The molecule has 39 heavy (non-hydrogen) atoms. The molecule has 7 nitrogen and oxygen atoms in total. The van der Waals surface area contributed by atoms with Gasteiger partial charge in [0.05, 0.1) is 13.2 Å². The fraction of sp³-hybridized carbons (Fsp3) is 0.812. The van der Waals surface area contributed by atoms with E-state index in [-0.39, 0.29) is 0 Å². The Hall–Kier alpha value is -1.22. The third-order valence-corrected chi connectivity index (χ3v) is 7.68. The lowest BCUT2D eigenvalue weighted by molar-refractivity contribution is -0.301. The summed E-state index contributed by atoms with van der Waals surface area (Å²) in [5.74, 6) is 0.916. The summed E-state index contributed by atoms with van der Waals surface area (Å²) in [6.45, 7) is 2.94. The van der Waals surface area contributed by atoms with E-state index in [9.17, 15) is 20.4 Å². The first-order valence-electron chi connectivity index (χ1n) is 15.7. The Morgan fingerprint density at radius 3 is 1.74 bits per heavy atom. The molecule has 1 aliphatic heterocycles. The normalized spacial score (nSPS) is 23.3. The zero-order chi connectivity index (χ0) is 28.1. The van der Waals surface area contributed by atoms with Crippen LogP contribution in [0.15, 0.2) is 24.3 Å². The molecule has 1 aromatic rings. The molecule has 0 aliphatic carbocycles. The Morgan fingerprint density at radius 2 is 1.18 bits per heavy atom. The number of aliphatic hydroxyl groups excluding tert-OH is 4. The molecule has 7 heteroatoms. The van der Waals surface area contributed by atoms with E-state index in [1.807, 2.05) is 12.1 Å². The minimum Gasteiger partial charge on any atom is -0.494 e. The summed E-state index contributed by atoms with van der Waals surface area (Å²) in [5, 5.41) is 38.9. The topological polar surface area (TPSA) is 109 Å². The highest BCUT2D eigenvalue weighted by atomic mass is 16.7. The molecule has 0 amide bonds. The van der Waals surface area contributed by atoms with E-state index < -0.39 is 37.3 Å². The maximum absolute atomic E-state index is 10.0. The quantitative estimate of drug-likeness (QED) is 0.129. The summed E-state index contributed by atoms with van der Waals surface area (Å²) >= 11 is 0. The van der Waals surface area contributed by atoms with Crippen molar-refractivity contribution in [2.45, 2.75) is 147 Å². The number of aliphatic hydroxyl groups is 4. The zero-order valence-corrected chi connectivity index (χ0v) is 24.4. The molecule has 0 unspecified atom stereocenters. The van der Waals surface area contributed by atoms with Crippen molar-refractivity contribution >= 4 is 0 Å². The standard InChI is InChI=1S/C32H56O7/c1-2-3-4-5-6-7-8-9-10-11-12-13-14-16-23-37-27-21-19-26(20-22-27)18-15-17-24-38-32-31(36)30(35)29(34)28(25-33)39-32/h19-22,28-36H,2-18,23-25H2,1H3/t28-,29-,30+,31-,32-/m1/s1. The van der Waals surface area contributed by atoms with E-state index in [2.05, 4.69) is 19.1 Å². The summed E-state index contributed by atoms with van der Waals surface area (Å²) in [5.41, 5.74) is 1.23. The lowest BCUT2D eigenvalue weighted by Crippen LogP contribution is -2.59. The van der Waals surface area contributed by atoms with Crippen molar-refractivity contribution in [3.05, 3.63) is 29.8 Å². The highest BCUT2D eigenvalue weighted by Crippen LogP contribution is 2.22. The van der Waals surface area contributed by atoms with Gasteiger partial charge in [0, 0.05) is 6.61 Å². The molecule has 0 saturated carbocycles. The van der Waals surface area contributed by atoms with Gasteiger partial charge in [-0.2, -0.15) is 0 Å². The molecular formula is C32H56O7. The van der Waals surface area contributed by atoms with Crippen molar-refractivity contribution in [3.8, 4) is 5.75 Å². The van der Waals surface area contributed by atoms with Gasteiger partial charge >= 0.3 is 0 Å². The predicted octanol–water partition coefficient (Wildman–Crippen LogP) is 5.69. The van der Waals surface area contributed by atoms with Crippen LogP contribution in [-0.4, -0.2) is 71.0 Å². The van der Waals surface area contributed by atoms with Gasteiger partial charge in [-0.3, -0.25) is 0 Å². The van der Waals surface area contributed by atoms with Gasteiger partial charge in [-0.05, 0) is 43.4 Å². The molecular weight excluding hydrogens is 496 g/mol. The van der Waals surface area contributed by atoms with Gasteiger partial charge in [0.2, 0.25) is 0 Å². The number of aryl methyl sites for hydroxylation is 1. The lowest BCUT2D eigenvalue weighted by atomic mass is 9.99. The van der Waals surface area contributed by atoms with Crippen LogP contribution in [0.25, 0.3) is 0 Å². The Balaban J connectivity index is 1.42. The second-order valence-electron chi connectivity index (χ2n) is 11.1. The first-order valence-corrected chi connectivity index (χ1v) is 15.7. The Bertz CT molecular complexity index is 696. The maximum atomic E-state index is 10.0. The molecule has 0 spiro atoms. The Labute approximate surface area is 236 Å². The fourth-order valence-electron chi connectivity index (χ4n) is 5.07. The van der Waals surface area contributed by atoms with Crippen LogP contribution in [0.3, 0.4) is 0 Å². The zero-order valence-electron chi connectivity index (χ0n) is 24.4. The van der Waals surface area contributed by atoms with E-state index >= 15 is 0 Å². The number of rotatable bonds is 23. The van der Waals surface area contributed by atoms with Gasteiger partial charge in [0.15, 0.2) is 6.29 Å². The van der Waals surface area contributed by atoms with Crippen LogP contribution < -0.4 is 4.74 Å². The molecule has 1 aromatic carbocycles. The molecule has 1 aliphatic rings. The van der Waals surface area contributed by atoms with E-state index in [1.165, 1.54) is 89.0 Å². The maximum Gasteiger partial charge on any atom is 0.186 e. The van der Waals surface area contributed by atoms with Crippen LogP contribution in [0, 0.1) is 0 Å². The van der Waals surface area contributed by atoms with Crippen molar-refractivity contribution in [2.75, 3.05) is 19.8 Å². The summed E-state index contributed by atoms with van der Waals surface area (Å²) in [6.07, 6.45) is 15.4. The minimum atomic E-state index is -1.41. The average Bonchev–Trinajstić information content (AvgIpc) is 2.95. The summed E-state index contributed by atoms with van der Waals surface area (Å²) in [6, 6.07) is 8.26. The molecule has 4 N–H and O–H groups in total. The average molecular weight is 553 g/mol. The number of hydrogen-bond donors (Lipinski definition) is 4. The van der Waals surface area contributed by atoms with Gasteiger partial charge in [-0.1, -0.05) is 103 Å². The number of unbranched alkanes of at least 4 members (excludes halogenated alkanes) is 14. The SMILES string of the molecule is CCCCCCCCCCCCCCCCOc1ccc(CCCCO[C@@H]2O[C@H](CO)[C@@H](O)[C@H](O)[C@H]2O)cc1. The molecule has 2 rings (SSSR count). The third-order valence-electron chi connectivity index (χ3n) is 7.68. The van der Waals surface area contributed by atoms with Crippen LogP contribution in [0.5, 0.6) is 5.75 Å². The monoisotopic (exact) mass is 552 g/mol. The van der Waals surface area contributed by atoms with Gasteiger partial charge in [0.1, 0.15) is 30.2 Å². The van der Waals surface area contributed by atoms with Crippen LogP contribution in [0.1, 0.15) is 115 Å². The molecule has 0 radical (unpaired) electrons. The van der Waals surface area contributed by atoms with Crippen LogP contribution in [0.4, 0.5) is 0 Å². The Kier molecular flexibility index (Phi) is 18.7. The van der Waals surface area contributed by atoms with Gasteiger partial charge < -0.3 is 34.6 Å². The molecule has 1 fully saturated rings. The molecule has 5 atom stereocenters. The predicted molar refractivity (Wildman–Crippen MR) is 155 cm³/mol. The van der Waals surface area contributed by atoms with E-state index in [0.717, 1.165) is 38.0 Å². The van der Waals surface area contributed by atoms with Gasteiger partial charge in [-0.15, -0.1) is 0 Å². The fourth-order valence-corrected chi connectivity index (χ4v) is 5.07. The second kappa shape index (κ2) is 21.5. The summed E-state index contributed by atoms with van der Waals surface area (Å²) in [4.78, 5) is 0. The van der Waals surface area contributed by atoms with Crippen molar-refractivity contribution < 1.29 is 34.6 Å². The molecule has 1 heterocycles. The number of benzene rings is 1. The van der Waals surface area contributed by atoms with E-state index in [1.54, 1.807) is 0 Å². The molecule has 226 valence electrons.